The highest BCUT2D eigenvalue weighted by molar-refractivity contribution is 6.31. The number of carbonyl (C=O) groups excluding carboxylic acids is 1. The summed E-state index contributed by atoms with van der Waals surface area (Å²) in [7, 11) is 0. The highest BCUT2D eigenvalue weighted by atomic mass is 35.5. The summed E-state index contributed by atoms with van der Waals surface area (Å²) in [5.74, 6) is -0.302. The Kier molecular flexibility index (Phi) is 3.88. The lowest BCUT2D eigenvalue weighted by atomic mass is 10.2. The van der Waals surface area contributed by atoms with E-state index in [1.54, 1.807) is 12.1 Å². The van der Waals surface area contributed by atoms with Crippen LogP contribution in [0.1, 0.15) is 11.3 Å². The number of hydrogen-bond acceptors (Lipinski definition) is 3. The molecule has 1 heterocycles. The SMILES string of the molecule is O=C(Cc1[nH]nc2ccc(Cl)cc12)OCc1ccccc1. The number of hydrogen-bond donors (Lipinski definition) is 1. The fourth-order valence-corrected chi connectivity index (χ4v) is 2.28. The second-order valence-corrected chi connectivity index (χ2v) is 5.12. The third-order valence-electron chi connectivity index (χ3n) is 3.16. The van der Waals surface area contributed by atoms with Crippen LogP contribution in [-0.2, 0) is 22.6 Å². The van der Waals surface area contributed by atoms with Crippen molar-refractivity contribution in [3.05, 3.63) is 64.8 Å². The first-order valence-corrected chi connectivity index (χ1v) is 6.92. The topological polar surface area (TPSA) is 55.0 Å². The van der Waals surface area contributed by atoms with Gasteiger partial charge in [0, 0.05) is 10.4 Å². The van der Waals surface area contributed by atoms with Crippen LogP contribution in [0.25, 0.3) is 10.9 Å². The van der Waals surface area contributed by atoms with Crippen molar-refractivity contribution in [2.24, 2.45) is 0 Å². The summed E-state index contributed by atoms with van der Waals surface area (Å²) in [6.07, 6.45) is 0.143. The molecule has 1 aromatic heterocycles. The van der Waals surface area contributed by atoms with Crippen LogP contribution in [0.5, 0.6) is 0 Å². The highest BCUT2D eigenvalue weighted by Crippen LogP contribution is 2.21. The number of H-pyrrole nitrogens is 1. The van der Waals surface area contributed by atoms with Gasteiger partial charge in [-0.2, -0.15) is 5.10 Å². The van der Waals surface area contributed by atoms with Crippen LogP contribution in [0.15, 0.2) is 48.5 Å². The first kappa shape index (κ1) is 13.6. The van der Waals surface area contributed by atoms with E-state index in [1.165, 1.54) is 0 Å². The number of aromatic amines is 1. The van der Waals surface area contributed by atoms with Gasteiger partial charge in [-0.1, -0.05) is 41.9 Å². The molecule has 0 fully saturated rings. The smallest absolute Gasteiger partial charge is 0.312 e. The lowest BCUT2D eigenvalue weighted by Gasteiger charge is -2.04. The number of carbonyl (C=O) groups is 1. The van der Waals surface area contributed by atoms with E-state index in [0.29, 0.717) is 10.7 Å². The quantitative estimate of drug-likeness (QED) is 0.750. The first-order chi connectivity index (χ1) is 10.2. The molecule has 1 N–H and O–H groups in total. The van der Waals surface area contributed by atoms with Gasteiger partial charge in [0.2, 0.25) is 0 Å². The molecular weight excluding hydrogens is 288 g/mol. The minimum absolute atomic E-state index is 0.143. The van der Waals surface area contributed by atoms with E-state index in [4.69, 9.17) is 16.3 Å². The number of esters is 1. The molecule has 106 valence electrons. The molecule has 0 aliphatic heterocycles. The molecular formula is C16H13ClN2O2. The van der Waals surface area contributed by atoms with Crippen molar-refractivity contribution in [3.63, 3.8) is 0 Å². The lowest BCUT2D eigenvalue weighted by Crippen LogP contribution is -2.08. The zero-order valence-electron chi connectivity index (χ0n) is 11.2. The Bertz CT molecular complexity index is 768. The summed E-state index contributed by atoms with van der Waals surface area (Å²) in [4.78, 5) is 11.9. The Morgan fingerprint density at radius 2 is 2.00 bits per heavy atom. The Hall–Kier alpha value is -2.33. The summed E-state index contributed by atoms with van der Waals surface area (Å²) in [5, 5.41) is 8.46. The summed E-state index contributed by atoms with van der Waals surface area (Å²) in [5.41, 5.74) is 2.46. The molecule has 0 saturated heterocycles. The van der Waals surface area contributed by atoms with E-state index in [0.717, 1.165) is 16.5 Å². The predicted molar refractivity (Wildman–Crippen MR) is 81.0 cm³/mol. The monoisotopic (exact) mass is 300 g/mol. The predicted octanol–water partition coefficient (Wildman–Crippen LogP) is 3.50. The number of aromatic nitrogens is 2. The third-order valence-corrected chi connectivity index (χ3v) is 3.39. The van der Waals surface area contributed by atoms with Crippen molar-refractivity contribution in [3.8, 4) is 0 Å². The van der Waals surface area contributed by atoms with Gasteiger partial charge in [-0.3, -0.25) is 9.89 Å². The zero-order chi connectivity index (χ0) is 14.7. The molecule has 3 aromatic rings. The maximum atomic E-state index is 11.9. The lowest BCUT2D eigenvalue weighted by molar-refractivity contribution is -0.144. The number of nitrogens with one attached hydrogen (secondary N) is 1. The average Bonchev–Trinajstić information content (AvgIpc) is 2.88. The Balaban J connectivity index is 1.67. The van der Waals surface area contributed by atoms with Crippen LogP contribution in [0.3, 0.4) is 0 Å². The van der Waals surface area contributed by atoms with Crippen molar-refractivity contribution in [2.75, 3.05) is 0 Å². The number of fused-ring (bicyclic) bond motifs is 1. The van der Waals surface area contributed by atoms with Gasteiger partial charge < -0.3 is 4.74 Å². The van der Waals surface area contributed by atoms with E-state index in [-0.39, 0.29) is 19.0 Å². The minimum Gasteiger partial charge on any atom is -0.461 e. The minimum atomic E-state index is -0.302. The van der Waals surface area contributed by atoms with Gasteiger partial charge in [0.25, 0.3) is 0 Å². The van der Waals surface area contributed by atoms with E-state index < -0.39 is 0 Å². The average molecular weight is 301 g/mol. The van der Waals surface area contributed by atoms with Crippen LogP contribution in [0.2, 0.25) is 5.02 Å². The second-order valence-electron chi connectivity index (χ2n) is 4.69. The number of ether oxygens (including phenoxy) is 1. The van der Waals surface area contributed by atoms with Crippen LogP contribution >= 0.6 is 11.6 Å². The summed E-state index contributed by atoms with van der Waals surface area (Å²) < 4.78 is 5.26. The second kappa shape index (κ2) is 5.97. The summed E-state index contributed by atoms with van der Waals surface area (Å²) in [6.45, 7) is 0.270. The molecule has 3 rings (SSSR count). The molecule has 0 bridgehead atoms. The summed E-state index contributed by atoms with van der Waals surface area (Å²) >= 11 is 5.97. The highest BCUT2D eigenvalue weighted by Gasteiger charge is 2.11. The Morgan fingerprint density at radius 3 is 2.81 bits per heavy atom. The van der Waals surface area contributed by atoms with Gasteiger partial charge in [0.15, 0.2) is 0 Å². The molecule has 0 atom stereocenters. The number of rotatable bonds is 4. The van der Waals surface area contributed by atoms with Crippen LogP contribution in [-0.4, -0.2) is 16.2 Å². The molecule has 5 heteroatoms. The molecule has 0 saturated carbocycles. The maximum Gasteiger partial charge on any atom is 0.312 e. The van der Waals surface area contributed by atoms with Crippen molar-refractivity contribution < 1.29 is 9.53 Å². The molecule has 0 aliphatic carbocycles. The molecule has 2 aromatic carbocycles. The van der Waals surface area contributed by atoms with E-state index in [9.17, 15) is 4.79 Å². The number of benzene rings is 2. The normalized spacial score (nSPS) is 10.7. The third kappa shape index (κ3) is 3.23. The fourth-order valence-electron chi connectivity index (χ4n) is 2.10. The fraction of sp³-hybridized carbons (Fsp3) is 0.125. The van der Waals surface area contributed by atoms with Crippen molar-refractivity contribution in [1.29, 1.82) is 0 Å². The molecule has 0 amide bonds. The van der Waals surface area contributed by atoms with Crippen LogP contribution in [0.4, 0.5) is 0 Å². The molecule has 0 spiro atoms. The standard InChI is InChI=1S/C16H13ClN2O2/c17-12-6-7-14-13(8-12)15(19-18-14)9-16(20)21-10-11-4-2-1-3-5-11/h1-8H,9-10H2,(H,18,19). The molecule has 4 nitrogen and oxygen atoms in total. The molecule has 21 heavy (non-hydrogen) atoms. The molecule has 0 aliphatic rings. The van der Waals surface area contributed by atoms with Gasteiger partial charge in [-0.15, -0.1) is 0 Å². The first-order valence-electron chi connectivity index (χ1n) is 6.54. The zero-order valence-corrected chi connectivity index (χ0v) is 11.9. The van der Waals surface area contributed by atoms with Crippen molar-refractivity contribution in [1.82, 2.24) is 10.2 Å². The van der Waals surface area contributed by atoms with Crippen molar-refractivity contribution in [2.45, 2.75) is 13.0 Å². The Morgan fingerprint density at radius 1 is 1.19 bits per heavy atom. The van der Waals surface area contributed by atoms with Gasteiger partial charge in [0.05, 0.1) is 17.6 Å². The maximum absolute atomic E-state index is 11.9. The van der Waals surface area contributed by atoms with Crippen molar-refractivity contribution >= 4 is 28.5 Å². The summed E-state index contributed by atoms with van der Waals surface area (Å²) in [6, 6.07) is 14.9. The number of halogens is 1. The van der Waals surface area contributed by atoms with Gasteiger partial charge in [-0.25, -0.2) is 0 Å². The molecule has 0 radical (unpaired) electrons. The van der Waals surface area contributed by atoms with Gasteiger partial charge in [-0.05, 0) is 23.8 Å². The Labute approximate surface area is 126 Å². The molecule has 0 unspecified atom stereocenters. The largest absolute Gasteiger partial charge is 0.461 e. The van der Waals surface area contributed by atoms with E-state index in [2.05, 4.69) is 10.2 Å². The van der Waals surface area contributed by atoms with Crippen LogP contribution in [0, 0.1) is 0 Å². The number of nitrogens with zero attached hydrogens (tertiary/aromatic N) is 1. The van der Waals surface area contributed by atoms with E-state index in [1.807, 2.05) is 36.4 Å². The van der Waals surface area contributed by atoms with Gasteiger partial charge >= 0.3 is 5.97 Å². The van der Waals surface area contributed by atoms with Crippen LogP contribution < -0.4 is 0 Å². The van der Waals surface area contributed by atoms with E-state index >= 15 is 0 Å². The van der Waals surface area contributed by atoms with Gasteiger partial charge in [0.1, 0.15) is 6.61 Å².